The number of rotatable bonds is 1. The fraction of sp³-hybridized carbons (Fsp3) is 0.250. The van der Waals surface area contributed by atoms with Crippen molar-refractivity contribution in [3.63, 3.8) is 0 Å². The summed E-state index contributed by atoms with van der Waals surface area (Å²) in [6.45, 7) is 2.15. The molecule has 0 bridgehead atoms. The van der Waals surface area contributed by atoms with E-state index in [-0.39, 0.29) is 0 Å². The highest BCUT2D eigenvalue weighted by molar-refractivity contribution is 14.1. The van der Waals surface area contributed by atoms with E-state index in [0.29, 0.717) is 0 Å². The number of hydrogen-bond donors (Lipinski definition) is 0. The molecule has 0 saturated heterocycles. The molecule has 0 saturated carbocycles. The van der Waals surface area contributed by atoms with Gasteiger partial charge in [-0.15, -0.1) is 0 Å². The molecule has 1 aromatic carbocycles. The highest BCUT2D eigenvalue weighted by atomic mass is 127. The van der Waals surface area contributed by atoms with Gasteiger partial charge in [-0.05, 0) is 47.2 Å². The van der Waals surface area contributed by atoms with E-state index >= 15 is 0 Å². The molecule has 0 atom stereocenters. The van der Waals surface area contributed by atoms with Crippen LogP contribution in [0.2, 0.25) is 0 Å². The zero-order valence-corrected chi connectivity index (χ0v) is 10.5. The molecule has 0 N–H and O–H groups in total. The van der Waals surface area contributed by atoms with E-state index in [9.17, 15) is 0 Å². The second kappa shape index (κ2) is 3.53. The number of aryl methyl sites for hydroxylation is 1. The first kappa shape index (κ1) is 8.27. The molecule has 1 rings (SSSR count). The summed E-state index contributed by atoms with van der Waals surface area (Å²) in [5, 5.41) is 0. The van der Waals surface area contributed by atoms with Gasteiger partial charge in [0, 0.05) is 13.8 Å². The third-order valence-corrected chi connectivity index (χ3v) is 3.62. The lowest BCUT2D eigenvalue weighted by Gasteiger charge is -1.99. The van der Waals surface area contributed by atoms with Gasteiger partial charge in [0.1, 0.15) is 0 Å². The Morgan fingerprint density at radius 1 is 1.50 bits per heavy atom. The lowest BCUT2D eigenvalue weighted by Crippen LogP contribution is -1.86. The molecule has 0 aliphatic carbocycles. The van der Waals surface area contributed by atoms with Gasteiger partial charge in [0.25, 0.3) is 0 Å². The van der Waals surface area contributed by atoms with Crippen molar-refractivity contribution in [2.75, 3.05) is 0 Å². The Labute approximate surface area is 78.6 Å². The maximum absolute atomic E-state index is 2.39. The Balaban J connectivity index is 3.04. The van der Waals surface area contributed by atoms with Crippen LogP contribution in [-0.4, -0.2) is 10.2 Å². The molecule has 0 amide bonds. The van der Waals surface area contributed by atoms with Crippen molar-refractivity contribution in [1.29, 1.82) is 0 Å². The summed E-state index contributed by atoms with van der Waals surface area (Å²) in [4.78, 5) is 0. The summed E-state index contributed by atoms with van der Waals surface area (Å²) in [5.41, 5.74) is 2.88. The second-order valence-electron chi connectivity index (χ2n) is 2.44. The SMILES string of the molecule is Cc1ccc(C[SiH3])cc1I. The molecule has 0 aromatic heterocycles. The zero-order valence-electron chi connectivity index (χ0n) is 6.32. The largest absolute Gasteiger partial charge is 0.0590 e. The zero-order chi connectivity index (χ0) is 7.56. The Kier molecular flexibility index (Phi) is 2.91. The molecule has 10 heavy (non-hydrogen) atoms. The van der Waals surface area contributed by atoms with Gasteiger partial charge in [-0.25, -0.2) is 0 Å². The molecule has 2 heteroatoms. The van der Waals surface area contributed by atoms with Crippen LogP contribution in [-0.2, 0) is 6.04 Å². The summed E-state index contributed by atoms with van der Waals surface area (Å²) in [6, 6.07) is 7.98. The third-order valence-electron chi connectivity index (χ3n) is 1.64. The van der Waals surface area contributed by atoms with E-state index < -0.39 is 0 Å². The van der Waals surface area contributed by atoms with Crippen LogP contribution < -0.4 is 0 Å². The van der Waals surface area contributed by atoms with Crippen molar-refractivity contribution in [2.45, 2.75) is 13.0 Å². The van der Waals surface area contributed by atoms with E-state index in [4.69, 9.17) is 0 Å². The first-order valence-electron chi connectivity index (χ1n) is 3.49. The Morgan fingerprint density at radius 3 is 2.70 bits per heavy atom. The van der Waals surface area contributed by atoms with E-state index in [1.54, 1.807) is 0 Å². The van der Waals surface area contributed by atoms with Crippen molar-refractivity contribution in [2.24, 2.45) is 0 Å². The van der Waals surface area contributed by atoms with Crippen molar-refractivity contribution < 1.29 is 0 Å². The van der Waals surface area contributed by atoms with Gasteiger partial charge in [-0.3, -0.25) is 0 Å². The summed E-state index contributed by atoms with van der Waals surface area (Å²) in [5.74, 6) is 0. The molecule has 0 radical (unpaired) electrons. The monoisotopic (exact) mass is 262 g/mol. The Morgan fingerprint density at radius 2 is 2.20 bits per heavy atom. The lowest BCUT2D eigenvalue weighted by molar-refractivity contribution is 1.33. The summed E-state index contributed by atoms with van der Waals surface area (Å²) in [7, 11) is 1.27. The van der Waals surface area contributed by atoms with Gasteiger partial charge in [-0.2, -0.15) is 0 Å². The Bertz CT molecular complexity index is 233. The highest BCUT2D eigenvalue weighted by Gasteiger charge is 1.93. The summed E-state index contributed by atoms with van der Waals surface area (Å²) < 4.78 is 1.39. The Hall–Kier alpha value is 0.167. The number of halogens is 1. The van der Waals surface area contributed by atoms with Gasteiger partial charge in [0.05, 0.1) is 0 Å². The number of hydrogen-bond acceptors (Lipinski definition) is 0. The molecule has 0 fully saturated rings. The van der Waals surface area contributed by atoms with Crippen molar-refractivity contribution in [3.8, 4) is 0 Å². The van der Waals surface area contributed by atoms with Crippen LogP contribution in [0.25, 0.3) is 0 Å². The fourth-order valence-corrected chi connectivity index (χ4v) is 1.88. The van der Waals surface area contributed by atoms with Crippen LogP contribution in [0.4, 0.5) is 0 Å². The maximum Gasteiger partial charge on any atom is 0.0162 e. The maximum atomic E-state index is 2.39. The van der Waals surface area contributed by atoms with E-state index in [1.165, 1.54) is 31.0 Å². The molecule has 0 spiro atoms. The molecule has 0 unspecified atom stereocenters. The normalized spacial score (nSPS) is 10.2. The summed E-state index contributed by atoms with van der Waals surface area (Å²) in [6.07, 6.45) is 0. The standard InChI is InChI=1S/C8H11ISi/c1-6-2-3-7(5-10)4-8(6)9/h2-4H,5H2,1,10H3. The molecular weight excluding hydrogens is 251 g/mol. The number of benzene rings is 1. The van der Waals surface area contributed by atoms with Crippen LogP contribution in [0.1, 0.15) is 11.1 Å². The molecule has 1 aromatic rings. The molecule has 0 aliphatic rings. The van der Waals surface area contributed by atoms with Gasteiger partial charge in [0.2, 0.25) is 0 Å². The average Bonchev–Trinajstić information content (AvgIpc) is 1.95. The molecule has 54 valence electrons. The van der Waals surface area contributed by atoms with Crippen LogP contribution >= 0.6 is 22.6 Å². The van der Waals surface area contributed by atoms with Crippen molar-refractivity contribution in [1.82, 2.24) is 0 Å². The first-order valence-corrected chi connectivity index (χ1v) is 5.98. The predicted molar refractivity (Wildman–Crippen MR) is 57.5 cm³/mol. The van der Waals surface area contributed by atoms with Crippen molar-refractivity contribution in [3.05, 3.63) is 32.9 Å². The minimum Gasteiger partial charge on any atom is -0.0590 e. The predicted octanol–water partition coefficient (Wildman–Crippen LogP) is 1.47. The molecule has 0 nitrogen and oxygen atoms in total. The van der Waals surface area contributed by atoms with Gasteiger partial charge < -0.3 is 0 Å². The van der Waals surface area contributed by atoms with E-state index in [1.807, 2.05) is 0 Å². The smallest absolute Gasteiger partial charge is 0.0162 e. The van der Waals surface area contributed by atoms with Crippen LogP contribution in [0.5, 0.6) is 0 Å². The van der Waals surface area contributed by atoms with Crippen LogP contribution in [0.3, 0.4) is 0 Å². The fourth-order valence-electron chi connectivity index (χ4n) is 0.856. The third kappa shape index (κ3) is 1.82. The van der Waals surface area contributed by atoms with E-state index in [0.717, 1.165) is 0 Å². The minimum absolute atomic E-state index is 1.27. The van der Waals surface area contributed by atoms with E-state index in [2.05, 4.69) is 47.7 Å². The van der Waals surface area contributed by atoms with Gasteiger partial charge in [0.15, 0.2) is 0 Å². The molecule has 0 heterocycles. The summed E-state index contributed by atoms with van der Waals surface area (Å²) >= 11 is 2.39. The van der Waals surface area contributed by atoms with Gasteiger partial charge >= 0.3 is 0 Å². The average molecular weight is 262 g/mol. The minimum atomic E-state index is 1.27. The quantitative estimate of drug-likeness (QED) is 0.531. The van der Waals surface area contributed by atoms with Gasteiger partial charge in [-0.1, -0.05) is 17.7 Å². The van der Waals surface area contributed by atoms with Crippen LogP contribution in [0.15, 0.2) is 18.2 Å². The first-order chi connectivity index (χ1) is 4.74. The molecular formula is C8H11ISi. The topological polar surface area (TPSA) is 0 Å². The van der Waals surface area contributed by atoms with Crippen LogP contribution in [0, 0.1) is 10.5 Å². The molecule has 0 aliphatic heterocycles. The van der Waals surface area contributed by atoms with Crippen molar-refractivity contribution >= 4 is 32.8 Å². The second-order valence-corrected chi connectivity index (χ2v) is 4.31. The highest BCUT2D eigenvalue weighted by Crippen LogP contribution is 2.12. The lowest BCUT2D eigenvalue weighted by atomic mass is 10.2.